The largest absolute Gasteiger partial charge is 0.481 e. The average molecular weight is 218 g/mol. The molecule has 0 amide bonds. The molecule has 0 aliphatic heterocycles. The number of hydrogen-bond acceptors (Lipinski definition) is 2. The van der Waals surface area contributed by atoms with Crippen LogP contribution < -0.4 is 0 Å². The molecule has 0 bridgehead atoms. The van der Waals surface area contributed by atoms with Gasteiger partial charge in [-0.3, -0.25) is 9.48 Å². The Labute approximate surface area is 93.5 Å². The highest BCUT2D eigenvalue weighted by Crippen LogP contribution is 2.20. The van der Waals surface area contributed by atoms with Crippen LogP contribution in [-0.2, 0) is 11.3 Å². The number of rotatable bonds is 3. The van der Waals surface area contributed by atoms with Gasteiger partial charge in [-0.1, -0.05) is 18.2 Å². The third kappa shape index (κ3) is 1.78. The average Bonchev–Trinajstić information content (AvgIpc) is 2.55. The van der Waals surface area contributed by atoms with E-state index in [1.165, 1.54) is 0 Å². The first-order valence-corrected chi connectivity index (χ1v) is 5.24. The summed E-state index contributed by atoms with van der Waals surface area (Å²) in [5.41, 5.74) is 3.11. The van der Waals surface area contributed by atoms with E-state index in [0.717, 1.165) is 22.2 Å². The van der Waals surface area contributed by atoms with Crippen LogP contribution in [-0.4, -0.2) is 20.9 Å². The predicted octanol–water partition coefficient (Wildman–Crippen LogP) is 2.13. The summed E-state index contributed by atoms with van der Waals surface area (Å²) in [4.78, 5) is 10.5. The molecule has 4 nitrogen and oxygen atoms in total. The normalized spacial score (nSPS) is 10.9. The van der Waals surface area contributed by atoms with Crippen molar-refractivity contribution in [2.24, 2.45) is 0 Å². The van der Waals surface area contributed by atoms with Gasteiger partial charge in [0.1, 0.15) is 0 Å². The Kier molecular flexibility index (Phi) is 2.64. The van der Waals surface area contributed by atoms with Crippen LogP contribution in [0.15, 0.2) is 18.2 Å². The van der Waals surface area contributed by atoms with E-state index in [1.54, 1.807) is 4.68 Å². The van der Waals surface area contributed by atoms with Crippen molar-refractivity contribution in [3.63, 3.8) is 0 Å². The highest BCUT2D eigenvalue weighted by molar-refractivity contribution is 5.84. The monoisotopic (exact) mass is 218 g/mol. The quantitative estimate of drug-likeness (QED) is 0.858. The van der Waals surface area contributed by atoms with Crippen molar-refractivity contribution in [3.8, 4) is 0 Å². The summed E-state index contributed by atoms with van der Waals surface area (Å²) in [5, 5.41) is 14.2. The van der Waals surface area contributed by atoms with E-state index in [1.807, 2.05) is 32.0 Å². The second-order valence-corrected chi connectivity index (χ2v) is 3.92. The molecular formula is C12H14N2O2. The molecule has 0 radical (unpaired) electrons. The van der Waals surface area contributed by atoms with Gasteiger partial charge in [0.15, 0.2) is 0 Å². The molecule has 16 heavy (non-hydrogen) atoms. The van der Waals surface area contributed by atoms with Gasteiger partial charge in [-0.05, 0) is 19.4 Å². The Bertz CT molecular complexity index is 543. The van der Waals surface area contributed by atoms with Crippen molar-refractivity contribution in [2.75, 3.05) is 0 Å². The fourth-order valence-corrected chi connectivity index (χ4v) is 1.84. The number of aromatic nitrogens is 2. The lowest BCUT2D eigenvalue weighted by Crippen LogP contribution is -2.07. The Morgan fingerprint density at radius 3 is 2.81 bits per heavy atom. The summed E-state index contributed by atoms with van der Waals surface area (Å²) < 4.78 is 1.77. The van der Waals surface area contributed by atoms with Crippen molar-refractivity contribution < 1.29 is 9.90 Å². The Balaban J connectivity index is 2.44. The number of nitrogens with zero attached hydrogens (tertiary/aromatic N) is 2. The summed E-state index contributed by atoms with van der Waals surface area (Å²) in [6, 6.07) is 6.02. The minimum Gasteiger partial charge on any atom is -0.481 e. The van der Waals surface area contributed by atoms with Crippen LogP contribution in [0.25, 0.3) is 10.9 Å². The van der Waals surface area contributed by atoms with Gasteiger partial charge in [0.2, 0.25) is 0 Å². The summed E-state index contributed by atoms with van der Waals surface area (Å²) >= 11 is 0. The second kappa shape index (κ2) is 3.96. The van der Waals surface area contributed by atoms with Crippen LogP contribution in [0.1, 0.15) is 17.7 Å². The first-order valence-electron chi connectivity index (χ1n) is 5.24. The zero-order valence-electron chi connectivity index (χ0n) is 9.40. The molecule has 1 aromatic heterocycles. The molecule has 2 rings (SSSR count). The molecule has 0 atom stereocenters. The lowest BCUT2D eigenvalue weighted by atomic mass is 10.1. The van der Waals surface area contributed by atoms with E-state index in [2.05, 4.69) is 5.10 Å². The molecule has 1 heterocycles. The summed E-state index contributed by atoms with van der Waals surface area (Å²) in [6.07, 6.45) is 0.105. The highest BCUT2D eigenvalue weighted by Gasteiger charge is 2.09. The number of fused-ring (bicyclic) bond motifs is 1. The molecule has 84 valence electrons. The van der Waals surface area contributed by atoms with Gasteiger partial charge in [-0.2, -0.15) is 5.10 Å². The molecule has 0 saturated heterocycles. The predicted molar refractivity (Wildman–Crippen MR) is 61.5 cm³/mol. The van der Waals surface area contributed by atoms with Crippen LogP contribution in [0.5, 0.6) is 0 Å². The van der Waals surface area contributed by atoms with Gasteiger partial charge in [0.25, 0.3) is 0 Å². The molecule has 4 heteroatoms. The number of aliphatic carboxylic acids is 1. The molecule has 0 aliphatic rings. The fourth-order valence-electron chi connectivity index (χ4n) is 1.84. The van der Waals surface area contributed by atoms with Gasteiger partial charge in [0, 0.05) is 11.1 Å². The van der Waals surface area contributed by atoms with Gasteiger partial charge in [-0.15, -0.1) is 0 Å². The van der Waals surface area contributed by atoms with E-state index >= 15 is 0 Å². The zero-order valence-corrected chi connectivity index (χ0v) is 9.40. The first kappa shape index (κ1) is 10.7. The molecule has 0 saturated carbocycles. The molecular weight excluding hydrogens is 204 g/mol. The van der Waals surface area contributed by atoms with Gasteiger partial charge < -0.3 is 5.11 Å². The Morgan fingerprint density at radius 2 is 2.19 bits per heavy atom. The van der Waals surface area contributed by atoms with Gasteiger partial charge in [0.05, 0.1) is 18.5 Å². The molecule has 2 aromatic rings. The van der Waals surface area contributed by atoms with E-state index in [4.69, 9.17) is 5.11 Å². The van der Waals surface area contributed by atoms with Crippen LogP contribution in [0.3, 0.4) is 0 Å². The van der Waals surface area contributed by atoms with Crippen LogP contribution in [0.2, 0.25) is 0 Å². The van der Waals surface area contributed by atoms with Crippen molar-refractivity contribution in [3.05, 3.63) is 29.5 Å². The summed E-state index contributed by atoms with van der Waals surface area (Å²) in [6.45, 7) is 4.40. The van der Waals surface area contributed by atoms with E-state index in [0.29, 0.717) is 6.54 Å². The van der Waals surface area contributed by atoms with Crippen molar-refractivity contribution in [2.45, 2.75) is 26.8 Å². The minimum absolute atomic E-state index is 0.105. The van der Waals surface area contributed by atoms with E-state index < -0.39 is 5.97 Å². The van der Waals surface area contributed by atoms with Crippen molar-refractivity contribution in [1.82, 2.24) is 9.78 Å². The first-order chi connectivity index (χ1) is 7.59. The Morgan fingerprint density at radius 1 is 1.44 bits per heavy atom. The highest BCUT2D eigenvalue weighted by atomic mass is 16.4. The van der Waals surface area contributed by atoms with Crippen molar-refractivity contribution in [1.29, 1.82) is 0 Å². The van der Waals surface area contributed by atoms with Gasteiger partial charge in [-0.25, -0.2) is 0 Å². The lowest BCUT2D eigenvalue weighted by Gasteiger charge is -2.00. The smallest absolute Gasteiger partial charge is 0.305 e. The zero-order chi connectivity index (χ0) is 11.7. The van der Waals surface area contributed by atoms with E-state index in [9.17, 15) is 4.79 Å². The van der Waals surface area contributed by atoms with Crippen LogP contribution in [0, 0.1) is 13.8 Å². The number of carbonyl (C=O) groups is 1. The maximum atomic E-state index is 10.5. The number of benzene rings is 1. The third-order valence-electron chi connectivity index (χ3n) is 2.77. The number of carboxylic acid groups (broad SMARTS) is 1. The standard InChI is InChI=1S/C12H14N2O2/c1-8-4-3-5-10-9(2)14(13-12(8)10)7-6-11(15)16/h3-5H,6-7H2,1-2H3,(H,15,16). The third-order valence-corrected chi connectivity index (χ3v) is 2.77. The number of carboxylic acids is 1. The van der Waals surface area contributed by atoms with Crippen molar-refractivity contribution >= 4 is 16.9 Å². The summed E-state index contributed by atoms with van der Waals surface area (Å²) in [7, 11) is 0. The van der Waals surface area contributed by atoms with Crippen LogP contribution in [0.4, 0.5) is 0 Å². The summed E-state index contributed by atoms with van der Waals surface area (Å²) in [5.74, 6) is -0.796. The van der Waals surface area contributed by atoms with Crippen LogP contribution >= 0.6 is 0 Å². The fraction of sp³-hybridized carbons (Fsp3) is 0.333. The lowest BCUT2D eigenvalue weighted by molar-refractivity contribution is -0.137. The molecule has 0 unspecified atom stereocenters. The minimum atomic E-state index is -0.796. The van der Waals surface area contributed by atoms with Gasteiger partial charge >= 0.3 is 5.97 Å². The molecule has 1 N–H and O–H groups in total. The van der Waals surface area contributed by atoms with E-state index in [-0.39, 0.29) is 6.42 Å². The second-order valence-electron chi connectivity index (χ2n) is 3.92. The maximum absolute atomic E-state index is 10.5. The maximum Gasteiger partial charge on any atom is 0.305 e. The SMILES string of the molecule is Cc1cccc2c(C)n(CCC(=O)O)nc12. The molecule has 1 aromatic carbocycles. The number of aryl methyl sites for hydroxylation is 3. The molecule has 0 spiro atoms. The Hall–Kier alpha value is -1.84. The topological polar surface area (TPSA) is 55.1 Å². The molecule has 0 aliphatic carbocycles. The molecule has 0 fully saturated rings. The number of hydrogen-bond donors (Lipinski definition) is 1.